The highest BCUT2D eigenvalue weighted by molar-refractivity contribution is 5.94. The molecule has 0 bridgehead atoms. The SMILES string of the molecule is Cc1[nH]c(-c2ccc(F)cc2)nc1C(=O)N1CC[C@H](O)[C@H](CO)C1. The quantitative estimate of drug-likeness (QED) is 0.791. The number of carbonyl (C=O) groups is 1. The second-order valence-electron chi connectivity index (χ2n) is 6.12. The predicted molar refractivity (Wildman–Crippen MR) is 85.8 cm³/mol. The number of aliphatic hydroxyl groups excluding tert-OH is 2. The van der Waals surface area contributed by atoms with Gasteiger partial charge in [0.15, 0.2) is 0 Å². The highest BCUT2D eigenvalue weighted by atomic mass is 19.1. The van der Waals surface area contributed by atoms with Crippen LogP contribution in [0.25, 0.3) is 11.4 Å². The smallest absolute Gasteiger partial charge is 0.274 e. The monoisotopic (exact) mass is 333 g/mol. The summed E-state index contributed by atoms with van der Waals surface area (Å²) in [4.78, 5) is 21.7. The summed E-state index contributed by atoms with van der Waals surface area (Å²) in [5.74, 6) is -0.396. The molecule has 1 saturated heterocycles. The highest BCUT2D eigenvalue weighted by Gasteiger charge is 2.31. The molecule has 0 saturated carbocycles. The molecule has 0 radical (unpaired) electrons. The second-order valence-corrected chi connectivity index (χ2v) is 6.12. The van der Waals surface area contributed by atoms with Crippen LogP contribution in [-0.4, -0.2) is 56.8 Å². The first-order valence-electron chi connectivity index (χ1n) is 7.90. The molecule has 2 heterocycles. The van der Waals surface area contributed by atoms with Gasteiger partial charge >= 0.3 is 0 Å². The number of hydrogen-bond donors (Lipinski definition) is 3. The number of carbonyl (C=O) groups excluding carboxylic acids is 1. The predicted octanol–water partition coefficient (Wildman–Crippen LogP) is 1.34. The van der Waals surface area contributed by atoms with Crippen molar-refractivity contribution in [3.63, 3.8) is 0 Å². The molecule has 128 valence electrons. The molecule has 2 atom stereocenters. The van der Waals surface area contributed by atoms with Gasteiger partial charge in [-0.1, -0.05) is 0 Å². The summed E-state index contributed by atoms with van der Waals surface area (Å²) in [5, 5.41) is 19.1. The normalized spacial score (nSPS) is 21.1. The van der Waals surface area contributed by atoms with E-state index in [-0.39, 0.29) is 24.2 Å². The fourth-order valence-corrected chi connectivity index (χ4v) is 2.95. The minimum Gasteiger partial charge on any atom is -0.396 e. The van der Waals surface area contributed by atoms with Crippen molar-refractivity contribution < 1.29 is 19.4 Å². The van der Waals surface area contributed by atoms with Crippen LogP contribution in [0.1, 0.15) is 22.6 Å². The molecule has 2 aromatic rings. The zero-order chi connectivity index (χ0) is 17.3. The Balaban J connectivity index is 1.82. The third kappa shape index (κ3) is 3.18. The number of rotatable bonds is 3. The van der Waals surface area contributed by atoms with E-state index in [4.69, 9.17) is 0 Å². The third-order valence-corrected chi connectivity index (χ3v) is 4.42. The summed E-state index contributed by atoms with van der Waals surface area (Å²) in [6.45, 7) is 2.32. The number of aromatic nitrogens is 2. The molecule has 1 aliphatic heterocycles. The van der Waals surface area contributed by atoms with Crippen molar-refractivity contribution in [3.05, 3.63) is 41.5 Å². The Kier molecular flexibility index (Phi) is 4.64. The summed E-state index contributed by atoms with van der Waals surface area (Å²) in [6.07, 6.45) is -0.153. The Morgan fingerprint density at radius 2 is 2.12 bits per heavy atom. The Hall–Kier alpha value is -2.25. The van der Waals surface area contributed by atoms with Gasteiger partial charge in [-0.15, -0.1) is 0 Å². The number of H-pyrrole nitrogens is 1. The lowest BCUT2D eigenvalue weighted by Crippen LogP contribution is -2.47. The van der Waals surface area contributed by atoms with E-state index >= 15 is 0 Å². The van der Waals surface area contributed by atoms with Gasteiger partial charge in [0.05, 0.1) is 12.7 Å². The number of aliphatic hydroxyl groups is 2. The topological polar surface area (TPSA) is 89.5 Å². The van der Waals surface area contributed by atoms with Gasteiger partial charge in [-0.2, -0.15) is 0 Å². The average molecular weight is 333 g/mol. The highest BCUT2D eigenvalue weighted by Crippen LogP contribution is 2.22. The van der Waals surface area contributed by atoms with E-state index in [2.05, 4.69) is 9.97 Å². The van der Waals surface area contributed by atoms with E-state index in [0.29, 0.717) is 42.3 Å². The lowest BCUT2D eigenvalue weighted by atomic mass is 9.95. The van der Waals surface area contributed by atoms with Crippen LogP contribution in [0.15, 0.2) is 24.3 Å². The largest absolute Gasteiger partial charge is 0.396 e. The Morgan fingerprint density at radius 3 is 2.79 bits per heavy atom. The molecule has 0 unspecified atom stereocenters. The molecule has 1 fully saturated rings. The standard InChI is InChI=1S/C17H20FN3O3/c1-10-15(17(24)21-7-6-14(23)12(8-21)9-22)20-16(19-10)11-2-4-13(18)5-3-11/h2-5,12,14,22-23H,6-9H2,1H3,(H,19,20)/t12-,14-/m0/s1. The number of hydrogen-bond acceptors (Lipinski definition) is 4. The number of halogens is 1. The minimum absolute atomic E-state index is 0.161. The molecule has 1 aliphatic rings. The van der Waals surface area contributed by atoms with Crippen molar-refractivity contribution in [2.75, 3.05) is 19.7 Å². The van der Waals surface area contributed by atoms with Crippen LogP contribution in [0, 0.1) is 18.7 Å². The van der Waals surface area contributed by atoms with E-state index in [1.807, 2.05) is 0 Å². The zero-order valence-electron chi connectivity index (χ0n) is 13.4. The van der Waals surface area contributed by atoms with E-state index in [0.717, 1.165) is 0 Å². The molecule has 7 heteroatoms. The Labute approximate surface area is 139 Å². The maximum absolute atomic E-state index is 13.0. The van der Waals surface area contributed by atoms with Crippen molar-refractivity contribution in [3.8, 4) is 11.4 Å². The molecule has 24 heavy (non-hydrogen) atoms. The van der Waals surface area contributed by atoms with Crippen LogP contribution in [0.5, 0.6) is 0 Å². The van der Waals surface area contributed by atoms with Gasteiger partial charge in [-0.05, 0) is 37.6 Å². The van der Waals surface area contributed by atoms with Gasteiger partial charge in [-0.25, -0.2) is 9.37 Å². The first kappa shape index (κ1) is 16.6. The van der Waals surface area contributed by atoms with Gasteiger partial charge in [0.1, 0.15) is 17.3 Å². The second kappa shape index (κ2) is 6.70. The molecular formula is C17H20FN3O3. The Bertz CT molecular complexity index is 729. The third-order valence-electron chi connectivity index (χ3n) is 4.42. The van der Waals surface area contributed by atoms with Gasteiger partial charge in [-0.3, -0.25) is 4.79 Å². The summed E-state index contributed by atoms with van der Waals surface area (Å²) in [5.41, 5.74) is 1.63. The minimum atomic E-state index is -0.589. The van der Waals surface area contributed by atoms with E-state index in [9.17, 15) is 19.4 Å². The van der Waals surface area contributed by atoms with Gasteiger partial charge in [0.25, 0.3) is 5.91 Å². The first-order valence-corrected chi connectivity index (χ1v) is 7.90. The number of imidazole rings is 1. The first-order chi connectivity index (χ1) is 11.5. The number of piperidine rings is 1. The fraction of sp³-hybridized carbons (Fsp3) is 0.412. The average Bonchev–Trinajstić information content (AvgIpc) is 2.97. The Morgan fingerprint density at radius 1 is 1.42 bits per heavy atom. The van der Waals surface area contributed by atoms with E-state index in [1.54, 1.807) is 24.0 Å². The number of nitrogens with one attached hydrogen (secondary N) is 1. The van der Waals surface area contributed by atoms with Crippen molar-refractivity contribution in [1.29, 1.82) is 0 Å². The van der Waals surface area contributed by atoms with Crippen LogP contribution in [0.2, 0.25) is 0 Å². The molecule has 0 aliphatic carbocycles. The lowest BCUT2D eigenvalue weighted by Gasteiger charge is -2.35. The maximum atomic E-state index is 13.0. The van der Waals surface area contributed by atoms with Gasteiger partial charge in [0.2, 0.25) is 0 Å². The van der Waals surface area contributed by atoms with Gasteiger partial charge < -0.3 is 20.1 Å². The van der Waals surface area contributed by atoms with Crippen LogP contribution in [0.4, 0.5) is 4.39 Å². The van der Waals surface area contributed by atoms with Crippen LogP contribution >= 0.6 is 0 Å². The molecular weight excluding hydrogens is 313 g/mol. The number of likely N-dealkylation sites (tertiary alicyclic amines) is 1. The van der Waals surface area contributed by atoms with Crippen molar-refractivity contribution >= 4 is 5.91 Å². The van der Waals surface area contributed by atoms with Crippen LogP contribution < -0.4 is 0 Å². The number of aromatic amines is 1. The van der Waals surface area contributed by atoms with Crippen molar-refractivity contribution in [2.45, 2.75) is 19.4 Å². The van der Waals surface area contributed by atoms with Crippen molar-refractivity contribution in [2.24, 2.45) is 5.92 Å². The van der Waals surface area contributed by atoms with E-state index < -0.39 is 6.10 Å². The summed E-state index contributed by atoms with van der Waals surface area (Å²) < 4.78 is 13.0. The molecule has 1 aromatic heterocycles. The maximum Gasteiger partial charge on any atom is 0.274 e. The fourth-order valence-electron chi connectivity index (χ4n) is 2.95. The molecule has 0 spiro atoms. The van der Waals surface area contributed by atoms with Crippen LogP contribution in [0.3, 0.4) is 0 Å². The van der Waals surface area contributed by atoms with Crippen LogP contribution in [-0.2, 0) is 0 Å². The van der Waals surface area contributed by atoms with Crippen molar-refractivity contribution in [1.82, 2.24) is 14.9 Å². The molecule has 1 aromatic carbocycles. The number of amides is 1. The summed E-state index contributed by atoms with van der Waals surface area (Å²) in [6, 6.07) is 5.88. The molecule has 3 N–H and O–H groups in total. The summed E-state index contributed by atoms with van der Waals surface area (Å²) >= 11 is 0. The number of nitrogens with zero attached hydrogens (tertiary/aromatic N) is 2. The molecule has 6 nitrogen and oxygen atoms in total. The molecule has 3 rings (SSSR count). The zero-order valence-corrected chi connectivity index (χ0v) is 13.4. The number of aryl methyl sites for hydroxylation is 1. The summed E-state index contributed by atoms with van der Waals surface area (Å²) in [7, 11) is 0. The van der Waals surface area contributed by atoms with E-state index in [1.165, 1.54) is 12.1 Å². The lowest BCUT2D eigenvalue weighted by molar-refractivity contribution is 0.00322. The number of benzene rings is 1. The molecule has 1 amide bonds. The van der Waals surface area contributed by atoms with Gasteiger partial charge in [0, 0.05) is 30.3 Å².